The predicted molar refractivity (Wildman–Crippen MR) is 176 cm³/mol. The minimum atomic E-state index is -3.72. The third-order valence-electron chi connectivity index (χ3n) is 5.15. The zero-order valence-corrected chi connectivity index (χ0v) is 33.1. The maximum absolute atomic E-state index is 12.3. The van der Waals surface area contributed by atoms with Crippen molar-refractivity contribution in [2.24, 2.45) is 0 Å². The van der Waals surface area contributed by atoms with Crippen LogP contribution in [-0.2, 0) is 25.4 Å². The number of aromatic nitrogens is 2. The van der Waals surface area contributed by atoms with E-state index in [2.05, 4.69) is 9.97 Å². The second-order valence-electron chi connectivity index (χ2n) is 10.1. The van der Waals surface area contributed by atoms with Crippen LogP contribution < -0.4 is 66.0 Å². The van der Waals surface area contributed by atoms with Gasteiger partial charge < -0.3 is 14.6 Å². The van der Waals surface area contributed by atoms with Crippen LogP contribution in [0.25, 0.3) is 0 Å². The predicted octanol–water partition coefficient (Wildman–Crippen LogP) is 1.78. The number of nitro groups is 2. The average molecular weight is 765 g/mol. The molecule has 0 bridgehead atoms. The van der Waals surface area contributed by atoms with Gasteiger partial charge in [-0.3, -0.25) is 20.2 Å². The number of alkyl halides is 1. The molecule has 0 unspecified atom stereocenters. The first-order valence-electron chi connectivity index (χ1n) is 13.5. The molecule has 260 valence electrons. The normalized spacial score (nSPS) is 10.6. The van der Waals surface area contributed by atoms with Crippen LogP contribution in [0.15, 0.2) is 101 Å². The third kappa shape index (κ3) is 17.9. The summed E-state index contributed by atoms with van der Waals surface area (Å²) in [5, 5.41) is 30.8. The van der Waals surface area contributed by atoms with Crippen molar-refractivity contribution in [1.82, 2.24) is 9.97 Å². The van der Waals surface area contributed by atoms with E-state index >= 15 is 0 Å². The molecule has 0 aliphatic carbocycles. The standard InChI is InChI=1S/C13H12N2O5S.C7H7ClO2S.C6H6N2O3.C4H9O.K/c1-20-13-8-7-12(15(16)17)11(14-13)9-21(18,19)10-5-3-2-4-6-10;8-6-11(9,10)7-4-2-1-3-5-7;1-11-6-3-2-5(4-7-6)8(9)10;1-4(2,3)5;/h2-8H,9H2,1H3;1-5H,6H2;2-4H,1H3;1-3H3;/q;;;-1;+1. The first kappa shape index (κ1) is 45.9. The van der Waals surface area contributed by atoms with Crippen LogP contribution in [-0.4, -0.2) is 61.7 Å². The van der Waals surface area contributed by atoms with Crippen LogP contribution in [0.2, 0.25) is 0 Å². The Kier molecular flexibility index (Phi) is 20.5. The van der Waals surface area contributed by atoms with Crippen molar-refractivity contribution in [2.45, 2.75) is 41.9 Å². The van der Waals surface area contributed by atoms with Crippen molar-refractivity contribution in [3.05, 3.63) is 117 Å². The molecule has 2 aromatic heterocycles. The number of hydrogen-bond donors (Lipinski definition) is 0. The molecule has 0 aliphatic heterocycles. The summed E-state index contributed by atoms with van der Waals surface area (Å²) >= 11 is 5.24. The van der Waals surface area contributed by atoms with Gasteiger partial charge in [0.15, 0.2) is 19.7 Å². The van der Waals surface area contributed by atoms with Gasteiger partial charge in [0.2, 0.25) is 11.8 Å². The molecule has 4 aromatic rings. The second-order valence-corrected chi connectivity index (χ2v) is 14.7. The molecule has 0 saturated carbocycles. The van der Waals surface area contributed by atoms with Gasteiger partial charge in [0.25, 0.3) is 11.4 Å². The maximum Gasteiger partial charge on any atom is 1.00 e. The quantitative estimate of drug-likeness (QED) is 0.103. The Bertz CT molecular complexity index is 1820. The molecular formula is C30H34ClKN4O11S2. The van der Waals surface area contributed by atoms with Gasteiger partial charge in [0.05, 0.1) is 33.9 Å². The minimum absolute atomic E-state index is 0. The number of rotatable bonds is 9. The van der Waals surface area contributed by atoms with Gasteiger partial charge in [-0.1, -0.05) is 57.2 Å². The van der Waals surface area contributed by atoms with Crippen molar-refractivity contribution < 1.29 is 92.6 Å². The zero-order chi connectivity index (χ0) is 36.5. The summed E-state index contributed by atoms with van der Waals surface area (Å²) in [6.07, 6.45) is 1.15. The molecular weight excluding hydrogens is 731 g/mol. The number of ether oxygens (including phenoxy) is 2. The van der Waals surface area contributed by atoms with Gasteiger partial charge in [0, 0.05) is 24.3 Å². The Hall–Kier alpha value is -3.07. The maximum atomic E-state index is 12.3. The summed E-state index contributed by atoms with van der Waals surface area (Å²) in [7, 11) is -4.15. The first-order chi connectivity index (χ1) is 22.3. The largest absolute Gasteiger partial charge is 1.00 e. The summed E-state index contributed by atoms with van der Waals surface area (Å²) in [6.45, 7) is 4.90. The van der Waals surface area contributed by atoms with Crippen molar-refractivity contribution in [3.8, 4) is 11.8 Å². The van der Waals surface area contributed by atoms with Crippen LogP contribution in [0.4, 0.5) is 11.4 Å². The molecule has 0 saturated heterocycles. The molecule has 0 atom stereocenters. The Balaban J connectivity index is 0.000000699. The van der Waals surface area contributed by atoms with Crippen molar-refractivity contribution in [2.75, 3.05) is 19.4 Å². The molecule has 0 aliphatic rings. The molecule has 2 heterocycles. The van der Waals surface area contributed by atoms with Gasteiger partial charge in [-0.25, -0.2) is 26.8 Å². The fourth-order valence-corrected chi connectivity index (χ4v) is 5.43. The topological polar surface area (TPSA) is 222 Å². The molecule has 0 N–H and O–H groups in total. The van der Waals surface area contributed by atoms with Crippen LogP contribution in [0.5, 0.6) is 11.8 Å². The van der Waals surface area contributed by atoms with Crippen LogP contribution in [0, 0.1) is 20.2 Å². The SMILES string of the molecule is CC(C)(C)[O-].COc1ccc([N+](=O)[O-])c(CS(=O)(=O)c2ccccc2)n1.COc1ccc([N+](=O)[O-])cn1.O=S(=O)(CCl)c1ccccc1.[K+]. The smallest absolute Gasteiger partial charge is 0.850 e. The number of pyridine rings is 2. The molecule has 2 aromatic carbocycles. The zero-order valence-electron chi connectivity index (χ0n) is 27.5. The monoisotopic (exact) mass is 764 g/mol. The van der Waals surface area contributed by atoms with E-state index < -0.39 is 40.9 Å². The van der Waals surface area contributed by atoms with Gasteiger partial charge in [0.1, 0.15) is 22.9 Å². The fraction of sp³-hybridized carbons (Fsp3) is 0.267. The molecule has 49 heavy (non-hydrogen) atoms. The van der Waals surface area contributed by atoms with E-state index in [1.54, 1.807) is 57.2 Å². The van der Waals surface area contributed by atoms with E-state index in [9.17, 15) is 42.2 Å². The molecule has 4 rings (SSSR count). The number of benzene rings is 2. The number of nitrogens with zero attached hydrogens (tertiary/aromatic N) is 4. The molecule has 0 radical (unpaired) electrons. The first-order valence-corrected chi connectivity index (χ1v) is 17.3. The second kappa shape index (κ2) is 21.9. The fourth-order valence-electron chi connectivity index (χ4n) is 3.04. The summed E-state index contributed by atoms with van der Waals surface area (Å²) in [4.78, 5) is 27.8. The molecule has 15 nitrogen and oxygen atoms in total. The molecule has 19 heteroatoms. The van der Waals surface area contributed by atoms with Crippen LogP contribution in [0.3, 0.4) is 0 Å². The Morgan fingerprint density at radius 1 is 0.735 bits per heavy atom. The van der Waals surface area contributed by atoms with E-state index in [-0.39, 0.29) is 89.3 Å². The van der Waals surface area contributed by atoms with Gasteiger partial charge in [-0.05, 0) is 24.3 Å². The summed E-state index contributed by atoms with van der Waals surface area (Å²) in [5.74, 6) is -0.0701. The van der Waals surface area contributed by atoms with Crippen molar-refractivity contribution in [3.63, 3.8) is 0 Å². The Morgan fingerprint density at radius 3 is 1.55 bits per heavy atom. The number of methoxy groups -OCH3 is 2. The minimum Gasteiger partial charge on any atom is -0.850 e. The summed E-state index contributed by atoms with van der Waals surface area (Å²) in [6, 6.07) is 21.1. The van der Waals surface area contributed by atoms with E-state index in [4.69, 9.17) is 21.1 Å². The summed E-state index contributed by atoms with van der Waals surface area (Å²) in [5.41, 5.74) is -1.29. The molecule has 0 fully saturated rings. The van der Waals surface area contributed by atoms with Crippen molar-refractivity contribution >= 4 is 42.7 Å². The Labute approximate surface area is 332 Å². The van der Waals surface area contributed by atoms with Gasteiger partial charge in [-0.15, -0.1) is 17.2 Å². The Morgan fingerprint density at radius 2 is 1.18 bits per heavy atom. The number of hydrogen-bond acceptors (Lipinski definition) is 13. The van der Waals surface area contributed by atoms with Crippen LogP contribution in [0.1, 0.15) is 26.5 Å². The number of sulfone groups is 2. The average Bonchev–Trinajstić information content (AvgIpc) is 3.05. The van der Waals surface area contributed by atoms with E-state index in [0.717, 1.165) is 6.20 Å². The summed E-state index contributed by atoms with van der Waals surface area (Å²) < 4.78 is 56.3. The van der Waals surface area contributed by atoms with Crippen molar-refractivity contribution in [1.29, 1.82) is 0 Å². The van der Waals surface area contributed by atoms with Gasteiger partial charge >= 0.3 is 51.4 Å². The molecule has 0 spiro atoms. The van der Waals surface area contributed by atoms with E-state index in [1.165, 1.54) is 62.8 Å². The third-order valence-corrected chi connectivity index (χ3v) is 8.93. The van der Waals surface area contributed by atoms with Gasteiger partial charge in [-0.2, -0.15) is 0 Å². The van der Waals surface area contributed by atoms with E-state index in [0.29, 0.717) is 5.88 Å². The molecule has 0 amide bonds. The number of halogens is 1. The van der Waals surface area contributed by atoms with Crippen LogP contribution >= 0.6 is 11.6 Å². The van der Waals surface area contributed by atoms with E-state index in [1.807, 2.05) is 0 Å².